The van der Waals surface area contributed by atoms with Crippen molar-refractivity contribution in [2.24, 2.45) is 0 Å². The van der Waals surface area contributed by atoms with E-state index in [0.717, 1.165) is 38.9 Å². The fraction of sp³-hybridized carbons (Fsp3) is 0. The molecule has 2 nitrogen and oxygen atoms in total. The average molecular weight is 589 g/mol. The number of aromatic nitrogens is 2. The van der Waals surface area contributed by atoms with Gasteiger partial charge in [0.15, 0.2) is 5.82 Å². The van der Waals surface area contributed by atoms with Gasteiger partial charge in [0.2, 0.25) is 0 Å². The maximum Gasteiger partial charge on any atom is 0.160 e. The van der Waals surface area contributed by atoms with E-state index in [1.54, 1.807) is 0 Å². The molecular formula is C42H24N2S. The third kappa shape index (κ3) is 3.62. The Bertz CT molecular complexity index is 2790. The van der Waals surface area contributed by atoms with Gasteiger partial charge in [-0.2, -0.15) is 0 Å². The van der Waals surface area contributed by atoms with Crippen molar-refractivity contribution in [3.05, 3.63) is 146 Å². The number of benzene rings is 8. The molecule has 0 N–H and O–H groups in total. The van der Waals surface area contributed by atoms with E-state index in [4.69, 9.17) is 9.97 Å². The van der Waals surface area contributed by atoms with E-state index in [9.17, 15) is 0 Å². The molecule has 45 heavy (non-hydrogen) atoms. The Morgan fingerprint density at radius 2 is 1.04 bits per heavy atom. The molecule has 0 unspecified atom stereocenters. The highest BCUT2D eigenvalue weighted by molar-refractivity contribution is 7.26. The molecule has 2 heterocycles. The maximum atomic E-state index is 5.27. The second-order valence-corrected chi connectivity index (χ2v) is 12.8. The number of rotatable bonds is 2. The highest BCUT2D eigenvalue weighted by Crippen LogP contribution is 2.45. The number of hydrogen-bond acceptors (Lipinski definition) is 3. The van der Waals surface area contributed by atoms with Crippen LogP contribution in [0.1, 0.15) is 0 Å². The minimum absolute atomic E-state index is 0.739. The van der Waals surface area contributed by atoms with E-state index in [0.29, 0.717) is 0 Å². The smallest absolute Gasteiger partial charge is 0.160 e. The Kier molecular flexibility index (Phi) is 5.19. The molecule has 8 aromatic carbocycles. The van der Waals surface area contributed by atoms with Crippen LogP contribution in [0.4, 0.5) is 0 Å². The van der Waals surface area contributed by atoms with Gasteiger partial charge in [0.25, 0.3) is 0 Å². The topological polar surface area (TPSA) is 25.8 Å². The number of thiophene rings is 1. The van der Waals surface area contributed by atoms with Crippen molar-refractivity contribution in [3.8, 4) is 22.6 Å². The predicted molar refractivity (Wildman–Crippen MR) is 193 cm³/mol. The first-order valence-corrected chi connectivity index (χ1v) is 16.1. The van der Waals surface area contributed by atoms with Gasteiger partial charge in [-0.3, -0.25) is 0 Å². The molecule has 2 aromatic heterocycles. The summed E-state index contributed by atoms with van der Waals surface area (Å²) in [4.78, 5) is 10.5. The Morgan fingerprint density at radius 3 is 1.93 bits per heavy atom. The zero-order chi connectivity index (χ0) is 29.5. The van der Waals surface area contributed by atoms with E-state index in [1.807, 2.05) is 11.3 Å². The average Bonchev–Trinajstić information content (AvgIpc) is 3.50. The maximum absolute atomic E-state index is 5.27. The van der Waals surface area contributed by atoms with Gasteiger partial charge in [-0.05, 0) is 62.0 Å². The molecule has 0 spiro atoms. The van der Waals surface area contributed by atoms with Gasteiger partial charge in [-0.15, -0.1) is 11.3 Å². The lowest BCUT2D eigenvalue weighted by molar-refractivity contribution is 1.24. The van der Waals surface area contributed by atoms with Crippen molar-refractivity contribution in [3.63, 3.8) is 0 Å². The van der Waals surface area contributed by atoms with Crippen LogP contribution in [0.2, 0.25) is 0 Å². The summed E-state index contributed by atoms with van der Waals surface area (Å²) in [5.41, 5.74) is 4.04. The van der Waals surface area contributed by atoms with Gasteiger partial charge in [0.05, 0.1) is 11.2 Å². The summed E-state index contributed by atoms with van der Waals surface area (Å²) in [6.45, 7) is 0. The summed E-state index contributed by atoms with van der Waals surface area (Å²) in [5.74, 6) is 0.739. The van der Waals surface area contributed by atoms with Crippen LogP contribution in [0.3, 0.4) is 0 Å². The van der Waals surface area contributed by atoms with Crippen LogP contribution in [0.15, 0.2) is 146 Å². The molecule has 0 saturated heterocycles. The van der Waals surface area contributed by atoms with E-state index < -0.39 is 0 Å². The van der Waals surface area contributed by atoms with Crippen molar-refractivity contribution in [1.29, 1.82) is 0 Å². The lowest BCUT2D eigenvalue weighted by Gasteiger charge is -2.14. The van der Waals surface area contributed by atoms with Gasteiger partial charge >= 0.3 is 0 Å². The first kappa shape index (κ1) is 24.8. The van der Waals surface area contributed by atoms with Gasteiger partial charge in [-0.25, -0.2) is 9.97 Å². The molecule has 10 aromatic rings. The van der Waals surface area contributed by atoms with Crippen LogP contribution in [0.5, 0.6) is 0 Å². The van der Waals surface area contributed by atoms with E-state index in [-0.39, 0.29) is 0 Å². The summed E-state index contributed by atoms with van der Waals surface area (Å²) < 4.78 is 2.66. The predicted octanol–water partition coefficient (Wildman–Crippen LogP) is 11.9. The molecule has 0 aliphatic rings. The number of hydrogen-bond donors (Lipinski definition) is 0. The SMILES string of the molecule is c1ccc(-c2nc(-c3ccc4c(c3)c3ccccc3c3c4ccc4sc5ccccc5c43)nc3c2ccc2ccccc23)cc1. The van der Waals surface area contributed by atoms with Crippen LogP contribution >= 0.6 is 11.3 Å². The summed E-state index contributed by atoms with van der Waals surface area (Å²) in [6, 6.07) is 52.3. The molecule has 208 valence electrons. The molecular weight excluding hydrogens is 565 g/mol. The molecule has 10 rings (SSSR count). The van der Waals surface area contributed by atoms with Crippen molar-refractivity contribution in [1.82, 2.24) is 9.97 Å². The molecule has 3 heteroatoms. The van der Waals surface area contributed by atoms with Crippen molar-refractivity contribution >= 4 is 85.5 Å². The Hall–Kier alpha value is -5.64. The Balaban J connectivity index is 1.30. The molecule has 0 radical (unpaired) electrons. The molecule has 0 bridgehead atoms. The van der Waals surface area contributed by atoms with Crippen molar-refractivity contribution < 1.29 is 0 Å². The fourth-order valence-electron chi connectivity index (χ4n) is 7.21. The first-order valence-electron chi connectivity index (χ1n) is 15.3. The van der Waals surface area contributed by atoms with E-state index in [1.165, 1.54) is 57.9 Å². The first-order chi connectivity index (χ1) is 22.3. The summed E-state index contributed by atoms with van der Waals surface area (Å²) >= 11 is 1.87. The van der Waals surface area contributed by atoms with E-state index in [2.05, 4.69) is 146 Å². The monoisotopic (exact) mass is 588 g/mol. The molecule has 0 atom stereocenters. The quantitative estimate of drug-likeness (QED) is 0.188. The summed E-state index contributed by atoms with van der Waals surface area (Å²) in [5, 5.41) is 13.7. The Labute approximate surface area is 262 Å². The highest BCUT2D eigenvalue weighted by atomic mass is 32.1. The summed E-state index contributed by atoms with van der Waals surface area (Å²) in [7, 11) is 0. The number of nitrogens with zero attached hydrogens (tertiary/aromatic N) is 2. The van der Waals surface area contributed by atoms with Gasteiger partial charge in [0.1, 0.15) is 0 Å². The van der Waals surface area contributed by atoms with Gasteiger partial charge in [0, 0.05) is 42.1 Å². The van der Waals surface area contributed by atoms with Gasteiger partial charge in [-0.1, -0.05) is 121 Å². The second kappa shape index (κ2) is 9.43. The molecule has 0 aliphatic heterocycles. The molecule has 0 fully saturated rings. The zero-order valence-electron chi connectivity index (χ0n) is 24.2. The zero-order valence-corrected chi connectivity index (χ0v) is 25.0. The van der Waals surface area contributed by atoms with Crippen LogP contribution in [-0.4, -0.2) is 9.97 Å². The minimum atomic E-state index is 0.739. The van der Waals surface area contributed by atoms with Crippen LogP contribution in [0, 0.1) is 0 Å². The molecule has 0 saturated carbocycles. The van der Waals surface area contributed by atoms with Crippen LogP contribution in [0.25, 0.3) is 96.8 Å². The molecule has 0 amide bonds. The second-order valence-electron chi connectivity index (χ2n) is 11.7. The third-order valence-electron chi connectivity index (χ3n) is 9.24. The highest BCUT2D eigenvalue weighted by Gasteiger charge is 2.18. The van der Waals surface area contributed by atoms with E-state index >= 15 is 0 Å². The Morgan fingerprint density at radius 1 is 0.378 bits per heavy atom. The molecule has 0 aliphatic carbocycles. The standard InChI is InChI=1S/C42H24N2S/c1-2-11-26(12-3-1)40-34-21-18-25-10-4-5-13-28(25)41(34)44-42(43-40)27-19-20-30-32-22-23-37-39(33-16-8-9-17-36(33)45-37)38(32)31-15-7-6-14-29(31)35(30)24-27/h1-24H. The third-order valence-corrected chi connectivity index (χ3v) is 10.4. The van der Waals surface area contributed by atoms with Crippen LogP contribution < -0.4 is 0 Å². The summed E-state index contributed by atoms with van der Waals surface area (Å²) in [6.07, 6.45) is 0. The number of fused-ring (bicyclic) bond motifs is 13. The fourth-order valence-corrected chi connectivity index (χ4v) is 8.32. The lowest BCUT2D eigenvalue weighted by atomic mass is 9.91. The van der Waals surface area contributed by atoms with Crippen molar-refractivity contribution in [2.45, 2.75) is 0 Å². The minimum Gasteiger partial charge on any atom is -0.227 e. The van der Waals surface area contributed by atoms with Crippen molar-refractivity contribution in [2.75, 3.05) is 0 Å². The lowest BCUT2D eigenvalue weighted by Crippen LogP contribution is -1.96. The largest absolute Gasteiger partial charge is 0.227 e. The van der Waals surface area contributed by atoms with Gasteiger partial charge < -0.3 is 0 Å². The van der Waals surface area contributed by atoms with Crippen LogP contribution in [-0.2, 0) is 0 Å². The normalized spacial score (nSPS) is 12.0.